The standard InChI is InChI=1S/C16H24N4O8Si/c1-8(21)25-6-11-12(26-9(2)22)13(27-10(3)23)14(28-11)20-7-17-15(18-16(20)24)19-29(4)5/h7,11-14,29H,6H2,1-5H3,(H,18,19,24)/t11-,12?,13+,14-/m1/s1. The first-order chi connectivity index (χ1) is 13.6. The Labute approximate surface area is 168 Å². The van der Waals surface area contributed by atoms with Crippen LogP contribution in [0.3, 0.4) is 0 Å². The zero-order valence-electron chi connectivity index (χ0n) is 16.8. The van der Waals surface area contributed by atoms with Gasteiger partial charge in [0.15, 0.2) is 18.4 Å². The Morgan fingerprint density at radius 1 is 1.14 bits per heavy atom. The van der Waals surface area contributed by atoms with E-state index in [9.17, 15) is 19.2 Å². The summed E-state index contributed by atoms with van der Waals surface area (Å²) in [7, 11) is -1.28. The average molecular weight is 428 g/mol. The van der Waals surface area contributed by atoms with Gasteiger partial charge in [-0.1, -0.05) is 13.1 Å². The largest absolute Gasteiger partial charge is 0.463 e. The van der Waals surface area contributed by atoms with E-state index in [2.05, 4.69) is 15.0 Å². The van der Waals surface area contributed by atoms with Crippen molar-refractivity contribution in [2.45, 2.75) is 58.4 Å². The van der Waals surface area contributed by atoms with Crippen molar-refractivity contribution < 1.29 is 33.3 Å². The summed E-state index contributed by atoms with van der Waals surface area (Å²) in [5, 5.41) is 0. The van der Waals surface area contributed by atoms with Crippen LogP contribution in [-0.4, -0.2) is 66.3 Å². The smallest absolute Gasteiger partial charge is 0.354 e. The lowest BCUT2D eigenvalue weighted by molar-refractivity contribution is -0.166. The second-order valence-corrected chi connectivity index (χ2v) is 9.28. The second-order valence-electron chi connectivity index (χ2n) is 6.68. The van der Waals surface area contributed by atoms with Gasteiger partial charge in [-0.15, -0.1) is 0 Å². The minimum Gasteiger partial charge on any atom is -0.463 e. The number of rotatable bonds is 7. The molecule has 0 bridgehead atoms. The van der Waals surface area contributed by atoms with E-state index >= 15 is 0 Å². The maximum absolute atomic E-state index is 12.5. The number of carbonyl (C=O) groups excluding carboxylic acids is 3. The molecule has 0 aromatic carbocycles. The van der Waals surface area contributed by atoms with E-state index in [0.29, 0.717) is 0 Å². The molecule has 0 amide bonds. The Morgan fingerprint density at radius 2 is 1.76 bits per heavy atom. The Bertz CT molecular complexity index is 829. The van der Waals surface area contributed by atoms with Gasteiger partial charge in [-0.25, -0.2) is 9.78 Å². The second kappa shape index (κ2) is 9.60. The number of aromatic nitrogens is 3. The van der Waals surface area contributed by atoms with Gasteiger partial charge < -0.3 is 23.9 Å². The number of hydrogen-bond acceptors (Lipinski definition) is 11. The topological polar surface area (TPSA) is 148 Å². The molecule has 13 heteroatoms. The molecule has 0 spiro atoms. The van der Waals surface area contributed by atoms with Crippen molar-refractivity contribution in [1.29, 1.82) is 0 Å². The third-order valence-electron chi connectivity index (χ3n) is 3.76. The summed E-state index contributed by atoms with van der Waals surface area (Å²) in [4.78, 5) is 57.8. The molecule has 1 aliphatic heterocycles. The van der Waals surface area contributed by atoms with Crippen molar-refractivity contribution in [3.05, 3.63) is 16.8 Å². The molecule has 1 fully saturated rings. The Kier molecular flexibility index (Phi) is 7.45. The molecular formula is C16H24N4O8Si. The van der Waals surface area contributed by atoms with Gasteiger partial charge in [0, 0.05) is 20.8 Å². The predicted molar refractivity (Wildman–Crippen MR) is 100 cm³/mol. The molecule has 4 atom stereocenters. The summed E-state index contributed by atoms with van der Waals surface area (Å²) in [6, 6.07) is 0. The molecule has 2 rings (SSSR count). The van der Waals surface area contributed by atoms with E-state index in [4.69, 9.17) is 18.9 Å². The van der Waals surface area contributed by atoms with Gasteiger partial charge >= 0.3 is 23.6 Å². The highest BCUT2D eigenvalue weighted by molar-refractivity contribution is 6.59. The fourth-order valence-corrected chi connectivity index (χ4v) is 3.42. The first-order valence-electron chi connectivity index (χ1n) is 8.93. The Hall–Kier alpha value is -2.80. The van der Waals surface area contributed by atoms with E-state index < -0.39 is 57.1 Å². The molecule has 160 valence electrons. The van der Waals surface area contributed by atoms with Crippen molar-refractivity contribution in [3.63, 3.8) is 0 Å². The maximum Gasteiger partial charge on any atom is 0.354 e. The van der Waals surface area contributed by atoms with Crippen LogP contribution in [-0.2, 0) is 33.3 Å². The lowest BCUT2D eigenvalue weighted by atomic mass is 10.1. The minimum absolute atomic E-state index is 0.183. The molecule has 1 N–H and O–H groups in total. The monoisotopic (exact) mass is 428 g/mol. The van der Waals surface area contributed by atoms with Gasteiger partial charge in [-0.3, -0.25) is 19.0 Å². The molecule has 0 radical (unpaired) electrons. The highest BCUT2D eigenvalue weighted by Crippen LogP contribution is 2.33. The molecule has 1 aromatic heterocycles. The molecule has 29 heavy (non-hydrogen) atoms. The fraction of sp³-hybridized carbons (Fsp3) is 0.625. The van der Waals surface area contributed by atoms with Crippen LogP contribution in [0.1, 0.15) is 27.0 Å². The Morgan fingerprint density at radius 3 is 2.28 bits per heavy atom. The molecule has 12 nitrogen and oxygen atoms in total. The van der Waals surface area contributed by atoms with Crippen LogP contribution in [0.25, 0.3) is 0 Å². The lowest BCUT2D eigenvalue weighted by Crippen LogP contribution is -2.42. The number of nitrogens with zero attached hydrogens (tertiary/aromatic N) is 3. The zero-order chi connectivity index (χ0) is 21.7. The van der Waals surface area contributed by atoms with Gasteiger partial charge in [-0.05, 0) is 0 Å². The van der Waals surface area contributed by atoms with Crippen molar-refractivity contribution in [2.75, 3.05) is 11.6 Å². The molecule has 2 heterocycles. The minimum atomic E-state index is -1.28. The summed E-state index contributed by atoms with van der Waals surface area (Å²) in [5.74, 6) is -1.72. The first kappa shape index (κ1) is 22.5. The molecule has 0 saturated carbocycles. The van der Waals surface area contributed by atoms with E-state index in [0.717, 1.165) is 4.57 Å². The van der Waals surface area contributed by atoms with Crippen molar-refractivity contribution in [2.24, 2.45) is 0 Å². The summed E-state index contributed by atoms with van der Waals surface area (Å²) in [6.07, 6.45) is -3.22. The predicted octanol–water partition coefficient (Wildman–Crippen LogP) is -0.642. The third-order valence-corrected chi connectivity index (χ3v) is 4.59. The van der Waals surface area contributed by atoms with Crippen LogP contribution in [0.5, 0.6) is 0 Å². The van der Waals surface area contributed by atoms with Crippen molar-refractivity contribution in [1.82, 2.24) is 14.5 Å². The first-order valence-corrected chi connectivity index (χ1v) is 11.8. The van der Waals surface area contributed by atoms with Crippen LogP contribution < -0.4 is 10.7 Å². The normalized spacial score (nSPS) is 23.5. The fourth-order valence-electron chi connectivity index (χ4n) is 2.76. The van der Waals surface area contributed by atoms with E-state index in [-0.39, 0.29) is 12.6 Å². The van der Waals surface area contributed by atoms with Crippen LogP contribution in [0.15, 0.2) is 11.1 Å². The van der Waals surface area contributed by atoms with Crippen molar-refractivity contribution >= 4 is 32.8 Å². The number of anilines is 1. The molecule has 1 unspecified atom stereocenters. The maximum atomic E-state index is 12.5. The van der Waals surface area contributed by atoms with Gasteiger partial charge in [0.25, 0.3) is 0 Å². The van der Waals surface area contributed by atoms with Gasteiger partial charge in [-0.2, -0.15) is 4.98 Å². The highest BCUT2D eigenvalue weighted by Gasteiger charge is 2.51. The van der Waals surface area contributed by atoms with Crippen LogP contribution >= 0.6 is 0 Å². The SMILES string of the molecule is CC(=O)OC[C@H]1O[C@@H](n2cnc(N[SiH](C)C)nc2=O)[C@@H](OC(C)=O)C1OC(C)=O. The van der Waals surface area contributed by atoms with E-state index in [1.54, 1.807) is 0 Å². The number of esters is 3. The third kappa shape index (κ3) is 6.09. The summed E-state index contributed by atoms with van der Waals surface area (Å²) < 4.78 is 22.3. The number of nitrogens with one attached hydrogen (secondary N) is 1. The summed E-state index contributed by atoms with van der Waals surface area (Å²) in [6.45, 7) is 7.27. The van der Waals surface area contributed by atoms with Crippen LogP contribution in [0.4, 0.5) is 5.95 Å². The number of ether oxygens (including phenoxy) is 4. The number of hydrogen-bond donors (Lipinski definition) is 1. The Balaban J connectivity index is 2.39. The van der Waals surface area contributed by atoms with Gasteiger partial charge in [0.2, 0.25) is 5.95 Å². The molecule has 0 aliphatic carbocycles. The van der Waals surface area contributed by atoms with Gasteiger partial charge in [0.1, 0.15) is 28.0 Å². The summed E-state index contributed by atoms with van der Waals surface area (Å²) in [5.41, 5.74) is -0.700. The van der Waals surface area contributed by atoms with Gasteiger partial charge in [0.05, 0.1) is 0 Å². The van der Waals surface area contributed by atoms with Crippen LogP contribution in [0.2, 0.25) is 13.1 Å². The highest BCUT2D eigenvalue weighted by atomic mass is 28.3. The molecule has 1 aliphatic rings. The van der Waals surface area contributed by atoms with E-state index in [1.807, 2.05) is 13.1 Å². The lowest BCUT2D eigenvalue weighted by Gasteiger charge is -2.23. The average Bonchev–Trinajstić information content (AvgIpc) is 2.89. The van der Waals surface area contributed by atoms with Crippen molar-refractivity contribution in [3.8, 4) is 0 Å². The van der Waals surface area contributed by atoms with E-state index in [1.165, 1.54) is 27.1 Å². The summed E-state index contributed by atoms with van der Waals surface area (Å²) >= 11 is 0. The quantitative estimate of drug-likeness (QED) is 0.336. The van der Waals surface area contributed by atoms with Crippen LogP contribution in [0, 0.1) is 0 Å². The molecule has 1 saturated heterocycles. The molecular weight excluding hydrogens is 404 g/mol. The molecule has 1 aromatic rings. The zero-order valence-corrected chi connectivity index (χ0v) is 17.9. The number of carbonyl (C=O) groups is 3.